The minimum Gasteiger partial charge on any atom is -0.476 e. The Balaban J connectivity index is 2.00. The third-order valence-corrected chi connectivity index (χ3v) is 2.56. The number of anilines is 2. The summed E-state index contributed by atoms with van der Waals surface area (Å²) in [6, 6.07) is 7.56. The van der Waals surface area contributed by atoms with Gasteiger partial charge in [0, 0.05) is 18.9 Å². The van der Waals surface area contributed by atoms with Gasteiger partial charge in [-0.25, -0.2) is 0 Å². The Kier molecular flexibility index (Phi) is 4.55. The third kappa shape index (κ3) is 3.84. The van der Waals surface area contributed by atoms with Crippen LogP contribution in [0, 0.1) is 0 Å². The minimum atomic E-state index is 0.488. The number of hydrogen-bond acceptors (Lipinski definition) is 5. The normalized spacial score (nSPS) is 10.2. The highest BCUT2D eigenvalue weighted by Gasteiger charge is 2.04. The van der Waals surface area contributed by atoms with E-state index in [4.69, 9.17) is 10.5 Å². The van der Waals surface area contributed by atoms with Crippen molar-refractivity contribution in [3.05, 3.63) is 42.2 Å². The van der Waals surface area contributed by atoms with Gasteiger partial charge >= 0.3 is 0 Å². The molecule has 0 radical (unpaired) electrons. The molecular formula is C14H18N4O. The van der Waals surface area contributed by atoms with Crippen molar-refractivity contribution in [2.45, 2.75) is 19.9 Å². The molecule has 3 N–H and O–H groups in total. The quantitative estimate of drug-likeness (QED) is 0.832. The maximum Gasteiger partial charge on any atom is 0.239 e. The van der Waals surface area contributed by atoms with Gasteiger partial charge in [0.1, 0.15) is 5.82 Å². The van der Waals surface area contributed by atoms with Crippen LogP contribution in [0.3, 0.4) is 0 Å². The lowest BCUT2D eigenvalue weighted by Crippen LogP contribution is -2.05. The average molecular weight is 258 g/mol. The monoisotopic (exact) mass is 258 g/mol. The zero-order valence-electron chi connectivity index (χ0n) is 11.0. The Morgan fingerprint density at radius 2 is 2.00 bits per heavy atom. The molecule has 0 aliphatic heterocycles. The van der Waals surface area contributed by atoms with Crippen LogP contribution < -0.4 is 15.8 Å². The number of hydrogen-bond donors (Lipinski definition) is 2. The molecule has 0 saturated carbocycles. The number of nitrogen functional groups attached to an aromatic ring is 1. The van der Waals surface area contributed by atoms with Crippen molar-refractivity contribution in [2.75, 3.05) is 17.7 Å². The molecule has 2 aromatic heterocycles. The lowest BCUT2D eigenvalue weighted by Gasteiger charge is -2.10. The Bertz CT molecular complexity index is 516. The summed E-state index contributed by atoms with van der Waals surface area (Å²) < 4.78 is 5.49. The van der Waals surface area contributed by atoms with E-state index in [1.54, 1.807) is 18.5 Å². The van der Waals surface area contributed by atoms with Crippen molar-refractivity contribution in [2.24, 2.45) is 0 Å². The van der Waals surface area contributed by atoms with Crippen molar-refractivity contribution in [3.8, 4) is 5.88 Å². The number of rotatable bonds is 6. The smallest absolute Gasteiger partial charge is 0.239 e. The topological polar surface area (TPSA) is 73.1 Å². The first-order valence-electron chi connectivity index (χ1n) is 6.31. The summed E-state index contributed by atoms with van der Waals surface area (Å²) in [5.41, 5.74) is 7.52. The zero-order chi connectivity index (χ0) is 13.5. The summed E-state index contributed by atoms with van der Waals surface area (Å²) in [6.07, 6.45) is 4.46. The van der Waals surface area contributed by atoms with Crippen molar-refractivity contribution in [3.63, 3.8) is 0 Å². The van der Waals surface area contributed by atoms with E-state index in [1.165, 1.54) is 0 Å². The number of aromatic nitrogens is 2. The molecule has 2 aromatic rings. The zero-order valence-corrected chi connectivity index (χ0v) is 11.0. The van der Waals surface area contributed by atoms with Crippen LogP contribution in [0.4, 0.5) is 11.5 Å². The van der Waals surface area contributed by atoms with Crippen LogP contribution in [0.1, 0.15) is 18.9 Å². The first kappa shape index (κ1) is 13.1. The van der Waals surface area contributed by atoms with E-state index < -0.39 is 0 Å². The Morgan fingerprint density at radius 3 is 2.74 bits per heavy atom. The molecule has 0 fully saturated rings. The van der Waals surface area contributed by atoms with E-state index in [0.29, 0.717) is 24.7 Å². The minimum absolute atomic E-state index is 0.488. The second-order valence-electron chi connectivity index (χ2n) is 4.15. The number of nitrogens with one attached hydrogen (secondary N) is 1. The molecule has 0 spiro atoms. The maximum atomic E-state index is 5.81. The summed E-state index contributed by atoms with van der Waals surface area (Å²) in [7, 11) is 0. The third-order valence-electron chi connectivity index (χ3n) is 2.56. The molecule has 2 heterocycles. The number of pyridine rings is 2. The van der Waals surface area contributed by atoms with Crippen LogP contribution >= 0.6 is 0 Å². The number of nitrogens with two attached hydrogens (primary N) is 1. The van der Waals surface area contributed by atoms with E-state index in [1.807, 2.05) is 25.1 Å². The van der Waals surface area contributed by atoms with Gasteiger partial charge in [0.15, 0.2) is 0 Å². The molecule has 0 saturated heterocycles. The van der Waals surface area contributed by atoms with Crippen molar-refractivity contribution in [1.82, 2.24) is 9.97 Å². The fourth-order valence-electron chi connectivity index (χ4n) is 1.56. The van der Waals surface area contributed by atoms with Gasteiger partial charge in [-0.3, -0.25) is 4.98 Å². The number of nitrogens with zero attached hydrogens (tertiary/aromatic N) is 2. The van der Waals surface area contributed by atoms with Gasteiger partial charge in [-0.15, -0.1) is 0 Å². The standard InChI is InChI=1S/C14H18N4O/c1-2-9-19-14-12(15)3-4-13(18-14)17-10-11-5-7-16-8-6-11/h3-8H,2,9-10,15H2,1H3,(H,17,18). The molecular weight excluding hydrogens is 240 g/mol. The van der Waals surface area contributed by atoms with Crippen molar-refractivity contribution < 1.29 is 4.74 Å². The first-order valence-corrected chi connectivity index (χ1v) is 6.31. The van der Waals surface area contributed by atoms with Crippen LogP contribution in [0.25, 0.3) is 0 Å². The van der Waals surface area contributed by atoms with E-state index in [0.717, 1.165) is 17.8 Å². The molecule has 0 bridgehead atoms. The van der Waals surface area contributed by atoms with Crippen LogP contribution in [0.5, 0.6) is 5.88 Å². The molecule has 2 rings (SSSR count). The fourth-order valence-corrected chi connectivity index (χ4v) is 1.56. The van der Waals surface area contributed by atoms with E-state index in [-0.39, 0.29) is 0 Å². The van der Waals surface area contributed by atoms with Gasteiger partial charge in [-0.2, -0.15) is 4.98 Å². The summed E-state index contributed by atoms with van der Waals surface area (Å²) in [4.78, 5) is 8.33. The van der Waals surface area contributed by atoms with Crippen LogP contribution in [0.2, 0.25) is 0 Å². The Hall–Kier alpha value is -2.30. The summed E-state index contributed by atoms with van der Waals surface area (Å²) in [5, 5.41) is 3.23. The molecule has 0 aliphatic rings. The molecule has 0 atom stereocenters. The van der Waals surface area contributed by atoms with E-state index in [2.05, 4.69) is 15.3 Å². The van der Waals surface area contributed by atoms with Crippen molar-refractivity contribution in [1.29, 1.82) is 0 Å². The molecule has 5 heteroatoms. The molecule has 5 nitrogen and oxygen atoms in total. The van der Waals surface area contributed by atoms with Gasteiger partial charge in [-0.05, 0) is 36.2 Å². The Morgan fingerprint density at radius 1 is 1.21 bits per heavy atom. The van der Waals surface area contributed by atoms with E-state index >= 15 is 0 Å². The number of ether oxygens (including phenoxy) is 1. The SMILES string of the molecule is CCCOc1nc(NCc2ccncc2)ccc1N. The Labute approximate surface area is 112 Å². The molecule has 0 amide bonds. The second kappa shape index (κ2) is 6.58. The largest absolute Gasteiger partial charge is 0.476 e. The predicted octanol–water partition coefficient (Wildman–Crippen LogP) is 2.46. The lowest BCUT2D eigenvalue weighted by molar-refractivity contribution is 0.307. The highest BCUT2D eigenvalue weighted by Crippen LogP contribution is 2.21. The average Bonchev–Trinajstić information content (AvgIpc) is 2.46. The highest BCUT2D eigenvalue weighted by molar-refractivity contribution is 5.53. The summed E-state index contributed by atoms with van der Waals surface area (Å²) in [6.45, 7) is 3.35. The first-order chi connectivity index (χ1) is 9.29. The molecule has 0 aromatic carbocycles. The summed E-state index contributed by atoms with van der Waals surface area (Å²) in [5.74, 6) is 1.23. The van der Waals surface area contributed by atoms with E-state index in [9.17, 15) is 0 Å². The van der Waals surface area contributed by atoms with Crippen molar-refractivity contribution >= 4 is 11.5 Å². The lowest BCUT2D eigenvalue weighted by atomic mass is 10.3. The van der Waals surface area contributed by atoms with Gasteiger partial charge in [0.25, 0.3) is 0 Å². The van der Waals surface area contributed by atoms with Gasteiger partial charge < -0.3 is 15.8 Å². The highest BCUT2D eigenvalue weighted by atomic mass is 16.5. The van der Waals surface area contributed by atoms with Crippen LogP contribution in [-0.4, -0.2) is 16.6 Å². The van der Waals surface area contributed by atoms with Gasteiger partial charge in [0.2, 0.25) is 5.88 Å². The molecule has 0 unspecified atom stereocenters. The second-order valence-corrected chi connectivity index (χ2v) is 4.15. The van der Waals surface area contributed by atoms with Gasteiger partial charge in [-0.1, -0.05) is 6.92 Å². The summed E-state index contributed by atoms with van der Waals surface area (Å²) >= 11 is 0. The van der Waals surface area contributed by atoms with Crippen LogP contribution in [-0.2, 0) is 6.54 Å². The maximum absolute atomic E-state index is 5.81. The van der Waals surface area contributed by atoms with Crippen LogP contribution in [0.15, 0.2) is 36.7 Å². The predicted molar refractivity (Wildman–Crippen MR) is 76.0 cm³/mol. The molecule has 0 aliphatic carbocycles. The molecule has 100 valence electrons. The van der Waals surface area contributed by atoms with Gasteiger partial charge in [0.05, 0.1) is 12.3 Å². The molecule has 19 heavy (non-hydrogen) atoms. The fraction of sp³-hybridized carbons (Fsp3) is 0.286.